The Morgan fingerprint density at radius 3 is 3.06 bits per heavy atom. The number of hydrogen-bond acceptors (Lipinski definition) is 5. The molecule has 0 spiro atoms. The Labute approximate surface area is 98.7 Å². The molecule has 0 saturated carbocycles. The third kappa shape index (κ3) is 2.60. The van der Waals surface area contributed by atoms with Crippen LogP contribution >= 0.6 is 0 Å². The van der Waals surface area contributed by atoms with Crippen molar-refractivity contribution in [3.8, 4) is 5.75 Å². The second kappa shape index (κ2) is 5.11. The first-order valence-electron chi connectivity index (χ1n) is 5.06. The Balaban J connectivity index is 2.32. The Kier molecular flexibility index (Phi) is 3.34. The van der Waals surface area contributed by atoms with Crippen LogP contribution in [0.5, 0.6) is 5.75 Å². The maximum absolute atomic E-state index is 5.29. The van der Waals surface area contributed by atoms with E-state index in [0.29, 0.717) is 6.54 Å². The summed E-state index contributed by atoms with van der Waals surface area (Å²) in [6, 6.07) is 5.72. The van der Waals surface area contributed by atoms with Gasteiger partial charge in [-0.1, -0.05) is 0 Å². The first kappa shape index (κ1) is 11.1. The van der Waals surface area contributed by atoms with Crippen molar-refractivity contribution in [2.45, 2.75) is 6.54 Å². The standard InChI is InChI=1S/C11H13N5O/c1-17-11-3-2-9(5-14-12)4-10(11)6-16-8-13-7-15-16/h2-5,7-8H,6,12H2,1H3. The van der Waals surface area contributed by atoms with Crippen LogP contribution in [0.4, 0.5) is 0 Å². The quantitative estimate of drug-likeness (QED) is 0.475. The van der Waals surface area contributed by atoms with Crippen molar-refractivity contribution in [3.63, 3.8) is 0 Å². The number of rotatable bonds is 4. The predicted octanol–water partition coefficient (Wildman–Crippen LogP) is 0.628. The van der Waals surface area contributed by atoms with E-state index in [0.717, 1.165) is 16.9 Å². The maximum atomic E-state index is 5.29. The van der Waals surface area contributed by atoms with E-state index in [1.807, 2.05) is 18.2 Å². The largest absolute Gasteiger partial charge is 0.496 e. The van der Waals surface area contributed by atoms with Gasteiger partial charge in [-0.15, -0.1) is 0 Å². The molecule has 6 heteroatoms. The zero-order valence-corrected chi connectivity index (χ0v) is 9.45. The normalized spacial score (nSPS) is 10.9. The molecular weight excluding hydrogens is 218 g/mol. The summed E-state index contributed by atoms with van der Waals surface area (Å²) in [5, 5.41) is 7.55. The second-order valence-corrected chi connectivity index (χ2v) is 3.44. The molecule has 17 heavy (non-hydrogen) atoms. The minimum Gasteiger partial charge on any atom is -0.496 e. The molecule has 0 radical (unpaired) electrons. The smallest absolute Gasteiger partial charge is 0.137 e. The van der Waals surface area contributed by atoms with Crippen molar-refractivity contribution < 1.29 is 4.74 Å². The molecular formula is C11H13N5O. The van der Waals surface area contributed by atoms with Crippen molar-refractivity contribution in [1.29, 1.82) is 0 Å². The van der Waals surface area contributed by atoms with Crippen LogP contribution in [0.25, 0.3) is 0 Å². The molecule has 2 rings (SSSR count). The number of benzene rings is 1. The Morgan fingerprint density at radius 2 is 2.41 bits per heavy atom. The van der Waals surface area contributed by atoms with Crippen LogP contribution in [-0.4, -0.2) is 28.1 Å². The van der Waals surface area contributed by atoms with Gasteiger partial charge in [0, 0.05) is 5.56 Å². The lowest BCUT2D eigenvalue weighted by Crippen LogP contribution is -2.03. The zero-order chi connectivity index (χ0) is 12.1. The number of aromatic nitrogens is 3. The fourth-order valence-electron chi connectivity index (χ4n) is 1.58. The van der Waals surface area contributed by atoms with Crippen LogP contribution in [0.2, 0.25) is 0 Å². The molecule has 2 N–H and O–H groups in total. The lowest BCUT2D eigenvalue weighted by atomic mass is 10.1. The van der Waals surface area contributed by atoms with Gasteiger partial charge in [0.15, 0.2) is 0 Å². The lowest BCUT2D eigenvalue weighted by molar-refractivity contribution is 0.407. The van der Waals surface area contributed by atoms with Crippen LogP contribution < -0.4 is 10.6 Å². The van der Waals surface area contributed by atoms with Crippen molar-refractivity contribution in [2.75, 3.05) is 7.11 Å². The molecule has 6 nitrogen and oxygen atoms in total. The molecule has 0 aliphatic carbocycles. The molecule has 1 aromatic carbocycles. The van der Waals surface area contributed by atoms with Crippen molar-refractivity contribution >= 4 is 6.21 Å². The SMILES string of the molecule is COc1ccc(C=NN)cc1Cn1cncn1. The van der Waals surface area contributed by atoms with Gasteiger partial charge in [-0.2, -0.15) is 10.2 Å². The summed E-state index contributed by atoms with van der Waals surface area (Å²) in [5.41, 5.74) is 1.92. The molecule has 0 aliphatic rings. The van der Waals surface area contributed by atoms with Crippen molar-refractivity contribution in [3.05, 3.63) is 42.0 Å². The summed E-state index contributed by atoms with van der Waals surface area (Å²) in [6.07, 6.45) is 4.74. The van der Waals surface area contributed by atoms with Crippen LogP contribution in [0, 0.1) is 0 Å². The summed E-state index contributed by atoms with van der Waals surface area (Å²) in [6.45, 7) is 0.593. The molecule has 0 fully saturated rings. The van der Waals surface area contributed by atoms with Gasteiger partial charge >= 0.3 is 0 Å². The number of hydrazone groups is 1. The van der Waals surface area contributed by atoms with Crippen LogP contribution in [0.3, 0.4) is 0 Å². The minimum atomic E-state index is 0.593. The highest BCUT2D eigenvalue weighted by atomic mass is 16.5. The average Bonchev–Trinajstić information content (AvgIpc) is 2.83. The first-order valence-corrected chi connectivity index (χ1v) is 5.06. The number of hydrogen-bond donors (Lipinski definition) is 1. The highest BCUT2D eigenvalue weighted by Crippen LogP contribution is 2.20. The Morgan fingerprint density at radius 1 is 1.53 bits per heavy atom. The van der Waals surface area contributed by atoms with Gasteiger partial charge < -0.3 is 10.6 Å². The van der Waals surface area contributed by atoms with E-state index < -0.39 is 0 Å². The van der Waals surface area contributed by atoms with E-state index >= 15 is 0 Å². The first-order chi connectivity index (χ1) is 8.33. The summed E-state index contributed by atoms with van der Waals surface area (Å²) in [5.74, 6) is 5.93. The van der Waals surface area contributed by atoms with E-state index in [4.69, 9.17) is 10.6 Å². The van der Waals surface area contributed by atoms with Crippen molar-refractivity contribution in [2.24, 2.45) is 10.9 Å². The molecule has 0 aliphatic heterocycles. The Hall–Kier alpha value is -2.37. The van der Waals surface area contributed by atoms with Crippen LogP contribution in [0.1, 0.15) is 11.1 Å². The van der Waals surface area contributed by atoms with Crippen molar-refractivity contribution in [1.82, 2.24) is 14.8 Å². The van der Waals surface area contributed by atoms with Gasteiger partial charge in [-0.25, -0.2) is 9.67 Å². The molecule has 1 aromatic heterocycles. The molecule has 2 aromatic rings. The second-order valence-electron chi connectivity index (χ2n) is 3.44. The summed E-state index contributed by atoms with van der Waals surface area (Å²) < 4.78 is 7.01. The third-order valence-electron chi connectivity index (χ3n) is 2.33. The predicted molar refractivity (Wildman–Crippen MR) is 63.9 cm³/mol. The Bertz CT molecular complexity index is 507. The van der Waals surface area contributed by atoms with Gasteiger partial charge in [0.25, 0.3) is 0 Å². The number of ether oxygens (including phenoxy) is 1. The third-order valence-corrected chi connectivity index (χ3v) is 2.33. The maximum Gasteiger partial charge on any atom is 0.137 e. The van der Waals surface area contributed by atoms with E-state index in [-0.39, 0.29) is 0 Å². The summed E-state index contributed by atoms with van der Waals surface area (Å²) in [7, 11) is 1.64. The molecule has 0 bridgehead atoms. The average molecular weight is 231 g/mol. The highest BCUT2D eigenvalue weighted by Gasteiger charge is 2.05. The number of nitrogens with zero attached hydrogens (tertiary/aromatic N) is 4. The minimum absolute atomic E-state index is 0.593. The van der Waals surface area contributed by atoms with E-state index in [1.54, 1.807) is 24.3 Å². The molecule has 0 atom stereocenters. The molecule has 1 heterocycles. The van der Waals surface area contributed by atoms with Gasteiger partial charge in [-0.3, -0.25) is 0 Å². The van der Waals surface area contributed by atoms with Gasteiger partial charge in [-0.05, 0) is 23.8 Å². The molecule has 0 amide bonds. The lowest BCUT2D eigenvalue weighted by Gasteiger charge is -2.09. The van der Waals surface area contributed by atoms with Gasteiger partial charge in [0.05, 0.1) is 19.9 Å². The number of nitrogens with two attached hydrogens (primary N) is 1. The van der Waals surface area contributed by atoms with E-state index in [1.165, 1.54) is 6.33 Å². The summed E-state index contributed by atoms with van der Waals surface area (Å²) >= 11 is 0. The van der Waals surface area contributed by atoms with E-state index in [9.17, 15) is 0 Å². The topological polar surface area (TPSA) is 78.3 Å². The summed E-state index contributed by atoms with van der Waals surface area (Å²) in [4.78, 5) is 3.90. The van der Waals surface area contributed by atoms with Crippen LogP contribution in [0.15, 0.2) is 36.0 Å². The monoisotopic (exact) mass is 231 g/mol. The molecule has 0 unspecified atom stereocenters. The fraction of sp³-hybridized carbons (Fsp3) is 0.182. The van der Waals surface area contributed by atoms with E-state index in [2.05, 4.69) is 15.2 Å². The number of methoxy groups -OCH3 is 1. The zero-order valence-electron chi connectivity index (χ0n) is 9.45. The van der Waals surface area contributed by atoms with Crippen LogP contribution in [-0.2, 0) is 6.54 Å². The van der Waals surface area contributed by atoms with Gasteiger partial charge in [0.1, 0.15) is 18.4 Å². The molecule has 0 saturated heterocycles. The highest BCUT2D eigenvalue weighted by molar-refractivity contribution is 5.80. The van der Waals surface area contributed by atoms with Gasteiger partial charge in [0.2, 0.25) is 0 Å². The molecule has 88 valence electrons. The fourth-order valence-corrected chi connectivity index (χ4v) is 1.58.